The maximum atomic E-state index is 5.39. The first-order valence-electron chi connectivity index (χ1n) is 7.67. The Balaban J connectivity index is 1.90. The van der Waals surface area contributed by atoms with Crippen molar-refractivity contribution in [3.8, 4) is 5.75 Å². The van der Waals surface area contributed by atoms with Crippen molar-refractivity contribution < 1.29 is 4.74 Å². The maximum Gasteiger partial charge on any atom is 0.119 e. The van der Waals surface area contributed by atoms with Crippen LogP contribution in [0, 0.1) is 13.8 Å². The second kappa shape index (κ2) is 5.80. The van der Waals surface area contributed by atoms with E-state index in [0.717, 1.165) is 5.75 Å². The zero-order valence-corrected chi connectivity index (χ0v) is 13.1. The Morgan fingerprint density at radius 2 is 1.81 bits per heavy atom. The van der Waals surface area contributed by atoms with Crippen LogP contribution in [-0.4, -0.2) is 7.11 Å². The van der Waals surface area contributed by atoms with E-state index < -0.39 is 0 Å². The molecule has 2 aromatic carbocycles. The number of fused-ring (bicyclic) bond motifs is 1. The lowest BCUT2D eigenvalue weighted by molar-refractivity contribution is 0.413. The van der Waals surface area contributed by atoms with Crippen molar-refractivity contribution in [3.63, 3.8) is 0 Å². The molecule has 2 heteroatoms. The van der Waals surface area contributed by atoms with E-state index in [1.165, 1.54) is 47.2 Å². The summed E-state index contributed by atoms with van der Waals surface area (Å²) in [5, 5.41) is 3.71. The Morgan fingerprint density at radius 1 is 1.05 bits per heavy atom. The number of anilines is 1. The minimum atomic E-state index is 0.380. The van der Waals surface area contributed by atoms with Gasteiger partial charge in [0.25, 0.3) is 0 Å². The summed E-state index contributed by atoms with van der Waals surface area (Å²) in [7, 11) is 1.73. The van der Waals surface area contributed by atoms with Gasteiger partial charge in [0, 0.05) is 5.69 Å². The molecule has 1 N–H and O–H groups in total. The molecule has 0 spiro atoms. The molecule has 0 fully saturated rings. The van der Waals surface area contributed by atoms with E-state index in [0.29, 0.717) is 6.04 Å². The summed E-state index contributed by atoms with van der Waals surface area (Å²) in [6, 6.07) is 13.5. The number of methoxy groups -OCH3 is 1. The van der Waals surface area contributed by atoms with Crippen LogP contribution in [0.3, 0.4) is 0 Å². The fourth-order valence-corrected chi connectivity index (χ4v) is 3.31. The van der Waals surface area contributed by atoms with E-state index in [1.54, 1.807) is 7.11 Å². The number of hydrogen-bond acceptors (Lipinski definition) is 2. The van der Waals surface area contributed by atoms with Gasteiger partial charge in [0.15, 0.2) is 0 Å². The molecule has 0 aliphatic heterocycles. The maximum absolute atomic E-state index is 5.39. The molecule has 0 saturated carbocycles. The lowest BCUT2D eigenvalue weighted by Crippen LogP contribution is -2.17. The molecule has 1 aliphatic carbocycles. The zero-order chi connectivity index (χ0) is 14.8. The van der Waals surface area contributed by atoms with Crippen molar-refractivity contribution in [3.05, 3.63) is 58.7 Å². The largest absolute Gasteiger partial charge is 0.497 e. The molecule has 0 saturated heterocycles. The van der Waals surface area contributed by atoms with Gasteiger partial charge >= 0.3 is 0 Å². The van der Waals surface area contributed by atoms with Gasteiger partial charge in [-0.15, -0.1) is 0 Å². The fraction of sp³-hybridized carbons (Fsp3) is 0.368. The molecule has 0 bridgehead atoms. The van der Waals surface area contributed by atoms with Crippen LogP contribution in [0.15, 0.2) is 36.4 Å². The van der Waals surface area contributed by atoms with Crippen LogP contribution in [0.2, 0.25) is 0 Å². The first-order chi connectivity index (χ1) is 10.2. The first-order valence-corrected chi connectivity index (χ1v) is 7.67. The molecule has 21 heavy (non-hydrogen) atoms. The monoisotopic (exact) mass is 281 g/mol. The Hall–Kier alpha value is -1.96. The van der Waals surface area contributed by atoms with Crippen LogP contribution in [-0.2, 0) is 6.42 Å². The highest BCUT2D eigenvalue weighted by molar-refractivity contribution is 5.52. The molecule has 0 radical (unpaired) electrons. The summed E-state index contributed by atoms with van der Waals surface area (Å²) in [5.41, 5.74) is 6.66. The lowest BCUT2D eigenvalue weighted by Gasteiger charge is -2.28. The number of nitrogens with one attached hydrogen (secondary N) is 1. The second-order valence-corrected chi connectivity index (χ2v) is 6.03. The summed E-state index contributed by atoms with van der Waals surface area (Å²) < 4.78 is 5.39. The number of ether oxygens (including phenoxy) is 1. The Kier molecular flexibility index (Phi) is 3.87. The average molecular weight is 281 g/mol. The Morgan fingerprint density at radius 3 is 2.52 bits per heavy atom. The third-order valence-electron chi connectivity index (χ3n) is 4.23. The van der Waals surface area contributed by atoms with Crippen molar-refractivity contribution in [2.24, 2.45) is 0 Å². The summed E-state index contributed by atoms with van der Waals surface area (Å²) in [4.78, 5) is 0. The summed E-state index contributed by atoms with van der Waals surface area (Å²) >= 11 is 0. The SMILES string of the molecule is COc1ccc2c(c1)C(Nc1cc(C)cc(C)c1)CCC2. The molecular weight excluding hydrogens is 258 g/mol. The fourth-order valence-electron chi connectivity index (χ4n) is 3.31. The second-order valence-electron chi connectivity index (χ2n) is 6.03. The predicted octanol–water partition coefficient (Wildman–Crippen LogP) is 4.80. The number of hydrogen-bond donors (Lipinski definition) is 1. The van der Waals surface area contributed by atoms with Gasteiger partial charge in [-0.1, -0.05) is 12.1 Å². The highest BCUT2D eigenvalue weighted by atomic mass is 16.5. The van der Waals surface area contributed by atoms with Gasteiger partial charge in [-0.05, 0) is 79.6 Å². The van der Waals surface area contributed by atoms with E-state index in [1.807, 2.05) is 0 Å². The van der Waals surface area contributed by atoms with Gasteiger partial charge in [-0.25, -0.2) is 0 Å². The standard InChI is InChI=1S/C19H23NO/c1-13-9-14(2)11-16(10-13)20-19-6-4-5-15-7-8-17(21-3)12-18(15)19/h7-12,19-20H,4-6H2,1-3H3. The van der Waals surface area contributed by atoms with E-state index in [2.05, 4.69) is 55.6 Å². The third kappa shape index (κ3) is 3.05. The number of benzene rings is 2. The van der Waals surface area contributed by atoms with Gasteiger partial charge in [0.05, 0.1) is 13.2 Å². The molecule has 0 amide bonds. The van der Waals surface area contributed by atoms with E-state index >= 15 is 0 Å². The van der Waals surface area contributed by atoms with Crippen LogP contribution in [0.4, 0.5) is 5.69 Å². The summed E-state index contributed by atoms with van der Waals surface area (Å²) in [6.07, 6.45) is 3.58. The Labute approximate surface area is 127 Å². The Bertz CT molecular complexity index is 628. The molecule has 110 valence electrons. The summed E-state index contributed by atoms with van der Waals surface area (Å²) in [6.45, 7) is 4.30. The minimum absolute atomic E-state index is 0.380. The molecular formula is C19H23NO. The van der Waals surface area contributed by atoms with Crippen molar-refractivity contribution in [2.75, 3.05) is 12.4 Å². The van der Waals surface area contributed by atoms with Crippen LogP contribution in [0.1, 0.15) is 41.1 Å². The first kappa shape index (κ1) is 14.0. The van der Waals surface area contributed by atoms with Gasteiger partial charge in [-0.2, -0.15) is 0 Å². The highest BCUT2D eigenvalue weighted by Gasteiger charge is 2.20. The van der Waals surface area contributed by atoms with Gasteiger partial charge < -0.3 is 10.1 Å². The van der Waals surface area contributed by atoms with Crippen LogP contribution in [0.25, 0.3) is 0 Å². The molecule has 1 aliphatic rings. The van der Waals surface area contributed by atoms with Crippen molar-refractivity contribution in [2.45, 2.75) is 39.2 Å². The van der Waals surface area contributed by atoms with Crippen molar-refractivity contribution in [1.29, 1.82) is 0 Å². The van der Waals surface area contributed by atoms with Gasteiger partial charge in [-0.3, -0.25) is 0 Å². The van der Waals surface area contributed by atoms with E-state index in [-0.39, 0.29) is 0 Å². The summed E-state index contributed by atoms with van der Waals surface area (Å²) in [5.74, 6) is 0.947. The quantitative estimate of drug-likeness (QED) is 0.872. The normalized spacial score (nSPS) is 17.2. The number of rotatable bonds is 3. The lowest BCUT2D eigenvalue weighted by atomic mass is 9.87. The zero-order valence-electron chi connectivity index (χ0n) is 13.1. The molecule has 3 rings (SSSR count). The van der Waals surface area contributed by atoms with Gasteiger partial charge in [0.2, 0.25) is 0 Å². The highest BCUT2D eigenvalue weighted by Crippen LogP contribution is 2.35. The van der Waals surface area contributed by atoms with Crippen molar-refractivity contribution >= 4 is 5.69 Å². The van der Waals surface area contributed by atoms with E-state index in [4.69, 9.17) is 4.74 Å². The van der Waals surface area contributed by atoms with Gasteiger partial charge in [0.1, 0.15) is 5.75 Å². The molecule has 1 unspecified atom stereocenters. The van der Waals surface area contributed by atoms with E-state index in [9.17, 15) is 0 Å². The smallest absolute Gasteiger partial charge is 0.119 e. The minimum Gasteiger partial charge on any atom is -0.497 e. The molecule has 1 atom stereocenters. The topological polar surface area (TPSA) is 21.3 Å². The third-order valence-corrected chi connectivity index (χ3v) is 4.23. The van der Waals surface area contributed by atoms with Crippen molar-refractivity contribution in [1.82, 2.24) is 0 Å². The van der Waals surface area contributed by atoms with Crippen LogP contribution >= 0.6 is 0 Å². The molecule has 0 heterocycles. The molecule has 2 nitrogen and oxygen atoms in total. The predicted molar refractivity (Wildman–Crippen MR) is 88.2 cm³/mol. The van der Waals surface area contributed by atoms with Crippen LogP contribution in [0.5, 0.6) is 5.75 Å². The molecule has 2 aromatic rings. The molecule has 0 aromatic heterocycles. The average Bonchev–Trinajstić information content (AvgIpc) is 2.46. The number of aryl methyl sites for hydroxylation is 3. The van der Waals surface area contributed by atoms with Crippen LogP contribution < -0.4 is 10.1 Å².